The number of ether oxygens (including phenoxy) is 3. The average molecular weight is 875 g/mol. The molecule has 0 atom stereocenters. The molecule has 0 radical (unpaired) electrons. The molecule has 6 nitrogen and oxygen atoms in total. The van der Waals surface area contributed by atoms with Crippen molar-refractivity contribution in [2.45, 2.75) is 232 Å². The summed E-state index contributed by atoms with van der Waals surface area (Å²) in [6.07, 6.45) is 66.7. The van der Waals surface area contributed by atoms with Crippen LogP contribution >= 0.6 is 0 Å². The number of hydrogen-bond acceptors (Lipinski definition) is 6. The lowest BCUT2D eigenvalue weighted by atomic mass is 10.1. The van der Waals surface area contributed by atoms with Gasteiger partial charge in [-0.2, -0.15) is 0 Å². The van der Waals surface area contributed by atoms with Crippen molar-refractivity contribution in [2.24, 2.45) is 0 Å². The van der Waals surface area contributed by atoms with Crippen LogP contribution in [0.25, 0.3) is 0 Å². The van der Waals surface area contributed by atoms with E-state index >= 15 is 0 Å². The molecule has 0 aliphatic heterocycles. The summed E-state index contributed by atoms with van der Waals surface area (Å²) < 4.78 is 16.7. The zero-order chi connectivity index (χ0) is 45.8. The summed E-state index contributed by atoms with van der Waals surface area (Å²) in [5.41, 5.74) is 0. The Labute approximate surface area is 387 Å². The van der Waals surface area contributed by atoms with Gasteiger partial charge in [0.15, 0.2) is 6.10 Å². The maximum absolute atomic E-state index is 12.8. The molecule has 0 aromatic carbocycles. The second-order valence-electron chi connectivity index (χ2n) is 16.7. The Morgan fingerprint density at radius 1 is 0.317 bits per heavy atom. The fourth-order valence-corrected chi connectivity index (χ4v) is 6.60. The summed E-state index contributed by atoms with van der Waals surface area (Å²) in [4.78, 5) is 37.9. The predicted molar refractivity (Wildman–Crippen MR) is 270 cm³/mol. The quantitative estimate of drug-likeness (QED) is 0.0262. The molecule has 0 aromatic rings. The first-order valence-corrected chi connectivity index (χ1v) is 25.7. The van der Waals surface area contributed by atoms with Crippen LogP contribution in [0, 0.1) is 0 Å². The van der Waals surface area contributed by atoms with Crippen molar-refractivity contribution in [1.29, 1.82) is 0 Å². The predicted octanol–water partition coefficient (Wildman–Crippen LogP) is 17.0. The van der Waals surface area contributed by atoms with E-state index < -0.39 is 6.10 Å². The van der Waals surface area contributed by atoms with Crippen LogP contribution in [0.4, 0.5) is 0 Å². The lowest BCUT2D eigenvalue weighted by molar-refractivity contribution is -0.167. The van der Waals surface area contributed by atoms with Crippen molar-refractivity contribution in [3.8, 4) is 0 Å². The van der Waals surface area contributed by atoms with E-state index in [-0.39, 0.29) is 31.1 Å². The number of carbonyl (C=O) groups excluding carboxylic acids is 3. The van der Waals surface area contributed by atoms with Crippen molar-refractivity contribution in [3.05, 3.63) is 97.2 Å². The minimum absolute atomic E-state index is 0.116. The minimum atomic E-state index is -0.816. The number of hydrogen-bond donors (Lipinski definition) is 0. The molecule has 0 bridgehead atoms. The van der Waals surface area contributed by atoms with Crippen LogP contribution in [0.5, 0.6) is 0 Å². The maximum atomic E-state index is 12.8. The molecule has 0 spiro atoms. The topological polar surface area (TPSA) is 78.9 Å². The van der Waals surface area contributed by atoms with Gasteiger partial charge in [-0.15, -0.1) is 0 Å². The third-order valence-corrected chi connectivity index (χ3v) is 10.5. The Kier molecular flexibility index (Phi) is 48.0. The second-order valence-corrected chi connectivity index (χ2v) is 16.7. The van der Waals surface area contributed by atoms with Gasteiger partial charge < -0.3 is 14.2 Å². The summed E-state index contributed by atoms with van der Waals surface area (Å²) in [6, 6.07) is 0. The molecule has 358 valence electrons. The van der Waals surface area contributed by atoms with Crippen LogP contribution in [-0.4, -0.2) is 37.2 Å². The van der Waals surface area contributed by atoms with Crippen LogP contribution < -0.4 is 0 Å². The molecule has 0 aromatic heterocycles. The molecule has 0 aliphatic rings. The van der Waals surface area contributed by atoms with Crippen molar-refractivity contribution in [1.82, 2.24) is 0 Å². The van der Waals surface area contributed by atoms with Crippen LogP contribution in [0.1, 0.15) is 226 Å². The first-order valence-electron chi connectivity index (χ1n) is 25.7. The summed E-state index contributed by atoms with van der Waals surface area (Å²) in [5.74, 6) is -1.01. The van der Waals surface area contributed by atoms with Gasteiger partial charge in [0.2, 0.25) is 0 Å². The summed E-state index contributed by atoms with van der Waals surface area (Å²) in [7, 11) is 0. The number of allylic oxidation sites excluding steroid dienone is 16. The van der Waals surface area contributed by atoms with E-state index in [0.29, 0.717) is 19.3 Å². The lowest BCUT2D eigenvalue weighted by Gasteiger charge is -2.18. The monoisotopic (exact) mass is 875 g/mol. The molecule has 0 saturated carbocycles. The van der Waals surface area contributed by atoms with Gasteiger partial charge in [0.1, 0.15) is 13.2 Å². The van der Waals surface area contributed by atoms with Crippen molar-refractivity contribution in [2.75, 3.05) is 13.2 Å². The Bertz CT molecular complexity index is 1210. The molecule has 6 heteroatoms. The highest BCUT2D eigenvalue weighted by atomic mass is 16.6. The van der Waals surface area contributed by atoms with E-state index in [1.54, 1.807) is 0 Å². The highest BCUT2D eigenvalue weighted by Crippen LogP contribution is 2.12. The first kappa shape index (κ1) is 59.3. The number of carbonyl (C=O) groups is 3. The average Bonchev–Trinajstić information content (AvgIpc) is 3.28. The summed E-state index contributed by atoms with van der Waals surface area (Å²) >= 11 is 0. The van der Waals surface area contributed by atoms with Crippen molar-refractivity contribution in [3.63, 3.8) is 0 Å². The molecule has 0 saturated heterocycles. The zero-order valence-corrected chi connectivity index (χ0v) is 40.8. The van der Waals surface area contributed by atoms with Crippen molar-refractivity contribution < 1.29 is 28.6 Å². The molecule has 0 unspecified atom stereocenters. The molecule has 0 amide bonds. The molecule has 0 fully saturated rings. The normalized spacial score (nSPS) is 12.4. The van der Waals surface area contributed by atoms with Gasteiger partial charge in [-0.3, -0.25) is 14.4 Å². The molecule has 0 aliphatic carbocycles. The van der Waals surface area contributed by atoms with E-state index in [9.17, 15) is 14.4 Å². The highest BCUT2D eigenvalue weighted by Gasteiger charge is 2.19. The van der Waals surface area contributed by atoms with Gasteiger partial charge in [-0.05, 0) is 128 Å². The third-order valence-electron chi connectivity index (χ3n) is 10.5. The fourth-order valence-electron chi connectivity index (χ4n) is 6.60. The van der Waals surface area contributed by atoms with E-state index in [0.717, 1.165) is 109 Å². The van der Waals surface area contributed by atoms with Crippen LogP contribution in [0.2, 0.25) is 0 Å². The Morgan fingerprint density at radius 2 is 0.571 bits per heavy atom. The molecule has 0 N–H and O–H groups in total. The number of unbranched alkanes of at least 4 members (excludes halogenated alkanes) is 18. The smallest absolute Gasteiger partial charge is 0.306 e. The van der Waals surface area contributed by atoms with Gasteiger partial charge >= 0.3 is 17.9 Å². The largest absolute Gasteiger partial charge is 0.462 e. The SMILES string of the molecule is CCCCC/C=C\C/C=C\C/C=C\CCCCC(=O)OCC(COC(=O)CCCC/C=C\C/C=C\C/C=C\CCCCC)OC(=O)CCCCCCC/C=C\C/C=C\CCCCC. The second kappa shape index (κ2) is 51.0. The molecule has 63 heavy (non-hydrogen) atoms. The zero-order valence-electron chi connectivity index (χ0n) is 40.8. The molecular weight excluding hydrogens is 781 g/mol. The molecular formula is C57H94O6. The Balaban J connectivity index is 4.55. The Morgan fingerprint density at radius 3 is 0.921 bits per heavy atom. The molecule has 0 rings (SSSR count). The van der Waals surface area contributed by atoms with Gasteiger partial charge in [-0.25, -0.2) is 0 Å². The van der Waals surface area contributed by atoms with E-state index in [1.807, 2.05) is 0 Å². The van der Waals surface area contributed by atoms with Crippen molar-refractivity contribution >= 4 is 17.9 Å². The lowest BCUT2D eigenvalue weighted by Crippen LogP contribution is -2.30. The van der Waals surface area contributed by atoms with Gasteiger partial charge in [-0.1, -0.05) is 176 Å². The molecule has 0 heterocycles. The van der Waals surface area contributed by atoms with Gasteiger partial charge in [0.05, 0.1) is 0 Å². The highest BCUT2D eigenvalue weighted by molar-refractivity contribution is 5.71. The fraction of sp³-hybridized carbons (Fsp3) is 0.667. The minimum Gasteiger partial charge on any atom is -0.462 e. The maximum Gasteiger partial charge on any atom is 0.306 e. The Hall–Kier alpha value is -3.67. The van der Waals surface area contributed by atoms with Crippen LogP contribution in [0.15, 0.2) is 97.2 Å². The summed E-state index contributed by atoms with van der Waals surface area (Å²) in [5, 5.41) is 0. The standard InChI is InChI=1S/C57H94O6/c1-4-7-10-13-16-19-22-25-28-31-34-37-40-43-46-49-55(58)61-52-54(63-57(60)51-48-45-42-39-36-33-30-27-24-21-18-15-12-9-6-3)53-62-56(59)50-47-44-41-38-35-32-29-26-23-20-17-14-11-8-5-2/h16-21,25-30,34-35,37-38,54H,4-15,22-24,31-33,36,39-53H2,1-3H3/b19-16-,20-17-,21-18-,28-25-,29-26-,30-27-,37-34-,38-35-. The number of esters is 3. The van der Waals surface area contributed by atoms with Gasteiger partial charge in [0.25, 0.3) is 0 Å². The first-order chi connectivity index (χ1) is 31.0. The van der Waals surface area contributed by atoms with Crippen LogP contribution in [-0.2, 0) is 28.6 Å². The summed E-state index contributed by atoms with van der Waals surface area (Å²) in [6.45, 7) is 6.46. The van der Waals surface area contributed by atoms with Gasteiger partial charge in [0, 0.05) is 19.3 Å². The van der Waals surface area contributed by atoms with E-state index in [1.165, 1.54) is 77.0 Å². The van der Waals surface area contributed by atoms with E-state index in [2.05, 4.69) is 118 Å². The number of rotatable bonds is 45. The van der Waals surface area contributed by atoms with Crippen LogP contribution in [0.3, 0.4) is 0 Å². The van der Waals surface area contributed by atoms with E-state index in [4.69, 9.17) is 14.2 Å². The third kappa shape index (κ3) is 49.2.